The Balaban J connectivity index is 1.39. The van der Waals surface area contributed by atoms with Crippen molar-refractivity contribution in [2.45, 2.75) is 13.2 Å². The first-order valence-corrected chi connectivity index (χ1v) is 9.30. The molecule has 6 nitrogen and oxygen atoms in total. The van der Waals surface area contributed by atoms with Crippen LogP contribution in [0.25, 0.3) is 10.9 Å². The molecular formula is C23H18FN3O3. The van der Waals surface area contributed by atoms with Crippen molar-refractivity contribution in [1.82, 2.24) is 9.55 Å². The van der Waals surface area contributed by atoms with Gasteiger partial charge in [0.1, 0.15) is 24.7 Å². The fraction of sp³-hybridized carbons (Fsp3) is 0.0870. The van der Waals surface area contributed by atoms with Crippen molar-refractivity contribution in [2.75, 3.05) is 5.32 Å². The van der Waals surface area contributed by atoms with Crippen LogP contribution < -0.4 is 15.6 Å². The SMILES string of the molecule is O=C(Cn1cnc2ccc(F)cc2c1=O)Nc1ccc(OCc2ccccc2)cc1. The van der Waals surface area contributed by atoms with Crippen LogP contribution in [0, 0.1) is 5.82 Å². The Hall–Kier alpha value is -4.00. The number of hydrogen-bond acceptors (Lipinski definition) is 4. The van der Waals surface area contributed by atoms with Gasteiger partial charge in [-0.1, -0.05) is 30.3 Å². The lowest BCUT2D eigenvalue weighted by molar-refractivity contribution is -0.116. The van der Waals surface area contributed by atoms with Crippen LogP contribution in [0.3, 0.4) is 0 Å². The first kappa shape index (κ1) is 19.3. The molecule has 0 spiro atoms. The second kappa shape index (κ2) is 8.57. The van der Waals surface area contributed by atoms with Crippen molar-refractivity contribution in [3.05, 3.63) is 101 Å². The van der Waals surface area contributed by atoms with E-state index in [9.17, 15) is 14.0 Å². The summed E-state index contributed by atoms with van der Waals surface area (Å²) >= 11 is 0. The number of amides is 1. The van der Waals surface area contributed by atoms with Crippen LogP contribution in [0.1, 0.15) is 5.56 Å². The van der Waals surface area contributed by atoms with Gasteiger partial charge < -0.3 is 10.1 Å². The van der Waals surface area contributed by atoms with E-state index in [1.807, 2.05) is 30.3 Å². The van der Waals surface area contributed by atoms with Crippen molar-refractivity contribution in [3.63, 3.8) is 0 Å². The Bertz CT molecular complexity index is 1240. The minimum Gasteiger partial charge on any atom is -0.489 e. The van der Waals surface area contributed by atoms with Gasteiger partial charge in [-0.2, -0.15) is 0 Å². The number of hydrogen-bond donors (Lipinski definition) is 1. The molecule has 3 aromatic carbocycles. The summed E-state index contributed by atoms with van der Waals surface area (Å²) in [6.45, 7) is 0.218. The molecule has 0 unspecified atom stereocenters. The molecule has 1 N–H and O–H groups in total. The molecule has 0 aliphatic heterocycles. The van der Waals surface area contributed by atoms with Gasteiger partial charge in [0.15, 0.2) is 0 Å². The molecule has 1 amide bonds. The molecule has 0 saturated heterocycles. The molecule has 0 fully saturated rings. The number of anilines is 1. The van der Waals surface area contributed by atoms with Gasteiger partial charge in [-0.25, -0.2) is 9.37 Å². The van der Waals surface area contributed by atoms with E-state index >= 15 is 0 Å². The third-order valence-corrected chi connectivity index (χ3v) is 4.49. The van der Waals surface area contributed by atoms with Crippen LogP contribution in [0.2, 0.25) is 0 Å². The highest BCUT2D eigenvalue weighted by molar-refractivity contribution is 5.90. The average molecular weight is 403 g/mol. The van der Waals surface area contributed by atoms with E-state index in [0.29, 0.717) is 23.6 Å². The standard InChI is InChI=1S/C23H18FN3O3/c24-17-6-11-21-20(12-17)23(29)27(15-25-21)13-22(28)26-18-7-9-19(10-8-18)30-14-16-4-2-1-3-5-16/h1-12,15H,13-14H2,(H,26,28). The van der Waals surface area contributed by atoms with Crippen LogP contribution >= 0.6 is 0 Å². The predicted octanol–water partition coefficient (Wildman–Crippen LogP) is 3.75. The molecule has 0 bridgehead atoms. The molecular weight excluding hydrogens is 385 g/mol. The van der Waals surface area contributed by atoms with E-state index in [-0.39, 0.29) is 11.9 Å². The van der Waals surface area contributed by atoms with Crippen LogP contribution in [-0.4, -0.2) is 15.5 Å². The maximum atomic E-state index is 13.4. The summed E-state index contributed by atoms with van der Waals surface area (Å²) in [4.78, 5) is 28.9. The lowest BCUT2D eigenvalue weighted by atomic mass is 10.2. The number of carbonyl (C=O) groups is 1. The maximum absolute atomic E-state index is 13.4. The molecule has 1 heterocycles. The normalized spacial score (nSPS) is 10.7. The number of nitrogens with zero attached hydrogens (tertiary/aromatic N) is 2. The monoisotopic (exact) mass is 403 g/mol. The number of fused-ring (bicyclic) bond motifs is 1. The van der Waals surface area contributed by atoms with E-state index < -0.39 is 17.3 Å². The Morgan fingerprint density at radius 3 is 2.57 bits per heavy atom. The number of rotatable bonds is 6. The zero-order chi connectivity index (χ0) is 20.9. The molecule has 1 aromatic heterocycles. The molecule has 0 radical (unpaired) electrons. The van der Waals surface area contributed by atoms with Gasteiger partial charge in [-0.3, -0.25) is 14.2 Å². The lowest BCUT2D eigenvalue weighted by Gasteiger charge is -2.10. The lowest BCUT2D eigenvalue weighted by Crippen LogP contribution is -2.28. The van der Waals surface area contributed by atoms with Gasteiger partial charge in [0.25, 0.3) is 5.56 Å². The van der Waals surface area contributed by atoms with Crippen LogP contribution in [0.5, 0.6) is 5.75 Å². The Kier molecular flexibility index (Phi) is 5.52. The minimum absolute atomic E-state index is 0.130. The number of carbonyl (C=O) groups excluding carboxylic acids is 1. The second-order valence-corrected chi connectivity index (χ2v) is 6.69. The number of nitrogens with one attached hydrogen (secondary N) is 1. The van der Waals surface area contributed by atoms with Gasteiger partial charge in [0, 0.05) is 5.69 Å². The largest absolute Gasteiger partial charge is 0.489 e. The number of ether oxygens (including phenoxy) is 1. The van der Waals surface area contributed by atoms with Crippen molar-refractivity contribution in [2.24, 2.45) is 0 Å². The molecule has 4 aromatic rings. The summed E-state index contributed by atoms with van der Waals surface area (Å²) in [5.41, 5.74) is 1.53. The highest BCUT2D eigenvalue weighted by Crippen LogP contribution is 2.17. The van der Waals surface area contributed by atoms with Gasteiger partial charge in [0.05, 0.1) is 17.2 Å². The van der Waals surface area contributed by atoms with E-state index in [4.69, 9.17) is 4.74 Å². The molecule has 150 valence electrons. The third kappa shape index (κ3) is 4.52. The Labute approximate surface area is 171 Å². The van der Waals surface area contributed by atoms with Gasteiger partial charge in [-0.15, -0.1) is 0 Å². The van der Waals surface area contributed by atoms with E-state index in [2.05, 4.69) is 10.3 Å². The molecule has 0 aliphatic carbocycles. The number of halogens is 1. The fourth-order valence-corrected chi connectivity index (χ4v) is 2.97. The molecule has 0 atom stereocenters. The Morgan fingerprint density at radius 1 is 1.03 bits per heavy atom. The van der Waals surface area contributed by atoms with E-state index in [0.717, 1.165) is 16.2 Å². The van der Waals surface area contributed by atoms with Gasteiger partial charge in [0.2, 0.25) is 5.91 Å². The van der Waals surface area contributed by atoms with Crippen molar-refractivity contribution < 1.29 is 13.9 Å². The highest BCUT2D eigenvalue weighted by Gasteiger charge is 2.09. The summed E-state index contributed by atoms with van der Waals surface area (Å²) in [6.07, 6.45) is 1.28. The minimum atomic E-state index is -0.529. The molecule has 30 heavy (non-hydrogen) atoms. The van der Waals surface area contributed by atoms with Crippen LogP contribution in [0.15, 0.2) is 83.9 Å². The number of aromatic nitrogens is 2. The molecule has 7 heteroatoms. The van der Waals surface area contributed by atoms with Crippen molar-refractivity contribution >= 4 is 22.5 Å². The predicted molar refractivity (Wildman–Crippen MR) is 112 cm³/mol. The quantitative estimate of drug-likeness (QED) is 0.532. The van der Waals surface area contributed by atoms with E-state index in [1.54, 1.807) is 24.3 Å². The summed E-state index contributed by atoms with van der Waals surface area (Å²) < 4.78 is 20.3. The number of benzene rings is 3. The average Bonchev–Trinajstić information content (AvgIpc) is 2.76. The summed E-state index contributed by atoms with van der Waals surface area (Å²) in [7, 11) is 0. The summed E-state index contributed by atoms with van der Waals surface area (Å²) in [5, 5.41) is 2.85. The second-order valence-electron chi connectivity index (χ2n) is 6.69. The molecule has 0 saturated carbocycles. The summed E-state index contributed by atoms with van der Waals surface area (Å²) in [5.74, 6) is -0.250. The third-order valence-electron chi connectivity index (χ3n) is 4.49. The highest BCUT2D eigenvalue weighted by atomic mass is 19.1. The van der Waals surface area contributed by atoms with Crippen molar-refractivity contribution in [3.8, 4) is 5.75 Å². The molecule has 0 aliphatic rings. The summed E-state index contributed by atoms with van der Waals surface area (Å²) in [6, 6.07) is 20.5. The van der Waals surface area contributed by atoms with Gasteiger partial charge >= 0.3 is 0 Å². The first-order chi connectivity index (χ1) is 14.6. The zero-order valence-electron chi connectivity index (χ0n) is 15.9. The molecule has 4 rings (SSSR count). The van der Waals surface area contributed by atoms with Crippen LogP contribution in [-0.2, 0) is 17.9 Å². The van der Waals surface area contributed by atoms with E-state index in [1.165, 1.54) is 18.5 Å². The van der Waals surface area contributed by atoms with Crippen LogP contribution in [0.4, 0.5) is 10.1 Å². The topological polar surface area (TPSA) is 73.2 Å². The van der Waals surface area contributed by atoms with Crippen molar-refractivity contribution in [1.29, 1.82) is 0 Å². The fourth-order valence-electron chi connectivity index (χ4n) is 2.97. The smallest absolute Gasteiger partial charge is 0.261 e. The Morgan fingerprint density at radius 2 is 1.80 bits per heavy atom. The first-order valence-electron chi connectivity index (χ1n) is 9.30. The van der Waals surface area contributed by atoms with Gasteiger partial charge in [-0.05, 0) is 48.0 Å². The maximum Gasteiger partial charge on any atom is 0.261 e. The zero-order valence-corrected chi connectivity index (χ0v) is 15.9.